The fraction of sp³-hybridized carbons (Fsp3) is 0.417. The molecule has 96 valence electrons. The van der Waals surface area contributed by atoms with Gasteiger partial charge in [-0.25, -0.2) is 4.98 Å². The molecule has 6 nitrogen and oxygen atoms in total. The molecule has 0 unspecified atom stereocenters. The summed E-state index contributed by atoms with van der Waals surface area (Å²) in [6.07, 6.45) is 1.48. The maximum Gasteiger partial charge on any atom is 0.255 e. The zero-order chi connectivity index (χ0) is 13.1. The molecule has 0 spiro atoms. The molecule has 18 heavy (non-hydrogen) atoms. The Bertz CT molecular complexity index is 450. The first-order valence-corrected chi connectivity index (χ1v) is 5.84. The number of nitrogens with zero attached hydrogens (tertiary/aromatic N) is 3. The van der Waals surface area contributed by atoms with Crippen molar-refractivity contribution in [1.82, 2.24) is 14.8 Å². The molecule has 0 aromatic carbocycles. The van der Waals surface area contributed by atoms with E-state index in [1.54, 1.807) is 28.9 Å². The van der Waals surface area contributed by atoms with Crippen molar-refractivity contribution in [2.45, 2.75) is 6.92 Å². The first-order valence-electron chi connectivity index (χ1n) is 5.84. The number of pyridine rings is 1. The fourth-order valence-electron chi connectivity index (χ4n) is 1.94. The third-order valence-electron chi connectivity index (χ3n) is 3.05. The SMILES string of the molecule is CC(=O)N1CCN(C(=O)c2ccc(N)nc2)CC1. The van der Waals surface area contributed by atoms with Crippen molar-refractivity contribution in [2.75, 3.05) is 31.9 Å². The van der Waals surface area contributed by atoms with Crippen LogP contribution in [-0.4, -0.2) is 52.8 Å². The number of hydrogen-bond donors (Lipinski definition) is 1. The number of rotatable bonds is 1. The maximum atomic E-state index is 12.1. The van der Waals surface area contributed by atoms with Gasteiger partial charge in [-0.3, -0.25) is 9.59 Å². The van der Waals surface area contributed by atoms with Gasteiger partial charge >= 0.3 is 0 Å². The van der Waals surface area contributed by atoms with Crippen LogP contribution >= 0.6 is 0 Å². The summed E-state index contributed by atoms with van der Waals surface area (Å²) < 4.78 is 0. The Hall–Kier alpha value is -2.11. The first-order chi connectivity index (χ1) is 8.58. The second kappa shape index (κ2) is 5.03. The van der Waals surface area contributed by atoms with Gasteiger partial charge < -0.3 is 15.5 Å². The highest BCUT2D eigenvalue weighted by Crippen LogP contribution is 2.09. The minimum absolute atomic E-state index is 0.0521. The highest BCUT2D eigenvalue weighted by molar-refractivity contribution is 5.94. The molecule has 0 atom stereocenters. The molecule has 0 bridgehead atoms. The highest BCUT2D eigenvalue weighted by atomic mass is 16.2. The summed E-state index contributed by atoms with van der Waals surface area (Å²) in [5, 5.41) is 0. The quantitative estimate of drug-likeness (QED) is 0.756. The largest absolute Gasteiger partial charge is 0.384 e. The monoisotopic (exact) mass is 248 g/mol. The van der Waals surface area contributed by atoms with Crippen molar-refractivity contribution in [3.63, 3.8) is 0 Å². The van der Waals surface area contributed by atoms with Crippen LogP contribution in [0, 0.1) is 0 Å². The molecule has 1 aromatic rings. The van der Waals surface area contributed by atoms with E-state index >= 15 is 0 Å². The zero-order valence-corrected chi connectivity index (χ0v) is 10.3. The first kappa shape index (κ1) is 12.3. The third kappa shape index (κ3) is 2.58. The number of piperazine rings is 1. The smallest absolute Gasteiger partial charge is 0.255 e. The number of nitrogen functional groups attached to an aromatic ring is 1. The van der Waals surface area contributed by atoms with E-state index in [1.165, 1.54) is 6.20 Å². The molecule has 0 radical (unpaired) electrons. The minimum Gasteiger partial charge on any atom is -0.384 e. The number of hydrogen-bond acceptors (Lipinski definition) is 4. The molecule has 2 amide bonds. The number of carbonyl (C=O) groups excluding carboxylic acids is 2. The van der Waals surface area contributed by atoms with Crippen molar-refractivity contribution in [2.24, 2.45) is 0 Å². The van der Waals surface area contributed by atoms with E-state index < -0.39 is 0 Å². The molecule has 2 heterocycles. The van der Waals surface area contributed by atoms with Gasteiger partial charge in [0.25, 0.3) is 5.91 Å². The summed E-state index contributed by atoms with van der Waals surface area (Å²) >= 11 is 0. The molecule has 1 aliphatic rings. The van der Waals surface area contributed by atoms with Crippen LogP contribution in [0.4, 0.5) is 5.82 Å². The molecule has 1 aliphatic heterocycles. The van der Waals surface area contributed by atoms with Gasteiger partial charge in [0.05, 0.1) is 5.56 Å². The van der Waals surface area contributed by atoms with Crippen molar-refractivity contribution in [3.05, 3.63) is 23.9 Å². The van der Waals surface area contributed by atoms with Crippen LogP contribution in [0.1, 0.15) is 17.3 Å². The van der Waals surface area contributed by atoms with Gasteiger partial charge in [-0.2, -0.15) is 0 Å². The Balaban J connectivity index is 1.99. The molecule has 2 rings (SSSR count). The average molecular weight is 248 g/mol. The predicted octanol–water partition coefficient (Wildman–Crippen LogP) is -0.0319. The number of nitrogens with two attached hydrogens (primary N) is 1. The normalized spacial score (nSPS) is 15.6. The lowest BCUT2D eigenvalue weighted by Gasteiger charge is -2.34. The van der Waals surface area contributed by atoms with Crippen LogP contribution in [0.2, 0.25) is 0 Å². The lowest BCUT2D eigenvalue weighted by atomic mass is 10.2. The Labute approximate surface area is 105 Å². The van der Waals surface area contributed by atoms with E-state index in [1.807, 2.05) is 0 Å². The summed E-state index contributed by atoms with van der Waals surface area (Å²) in [6, 6.07) is 3.28. The van der Waals surface area contributed by atoms with Crippen LogP contribution in [0.25, 0.3) is 0 Å². The molecule has 1 aromatic heterocycles. The van der Waals surface area contributed by atoms with E-state index in [9.17, 15) is 9.59 Å². The van der Waals surface area contributed by atoms with Gasteiger partial charge in [0, 0.05) is 39.3 Å². The summed E-state index contributed by atoms with van der Waals surface area (Å²) in [7, 11) is 0. The number of carbonyl (C=O) groups is 2. The van der Waals surface area contributed by atoms with Gasteiger partial charge in [-0.1, -0.05) is 0 Å². The molecule has 0 aliphatic carbocycles. The minimum atomic E-state index is -0.0642. The Kier molecular flexibility index (Phi) is 3.45. The standard InChI is InChI=1S/C12H16N4O2/c1-9(17)15-4-6-16(7-5-15)12(18)10-2-3-11(13)14-8-10/h2-3,8H,4-7H2,1H3,(H2,13,14). The topological polar surface area (TPSA) is 79.5 Å². The van der Waals surface area contributed by atoms with Crippen molar-refractivity contribution in [1.29, 1.82) is 0 Å². The molecular formula is C12H16N4O2. The summed E-state index contributed by atoms with van der Waals surface area (Å²) in [4.78, 5) is 30.7. The van der Waals surface area contributed by atoms with Crippen LogP contribution in [0.3, 0.4) is 0 Å². The van der Waals surface area contributed by atoms with Crippen molar-refractivity contribution >= 4 is 17.6 Å². The molecule has 6 heteroatoms. The second-order valence-corrected chi connectivity index (χ2v) is 4.27. The van der Waals surface area contributed by atoms with Gasteiger partial charge in [0.15, 0.2) is 0 Å². The van der Waals surface area contributed by atoms with Gasteiger partial charge in [0.2, 0.25) is 5.91 Å². The van der Waals surface area contributed by atoms with E-state index in [4.69, 9.17) is 5.73 Å². The molecule has 1 saturated heterocycles. The third-order valence-corrected chi connectivity index (χ3v) is 3.05. The van der Waals surface area contributed by atoms with Gasteiger partial charge in [-0.15, -0.1) is 0 Å². The zero-order valence-electron chi connectivity index (χ0n) is 10.3. The highest BCUT2D eigenvalue weighted by Gasteiger charge is 2.23. The van der Waals surface area contributed by atoms with E-state index in [0.29, 0.717) is 37.6 Å². The molecule has 2 N–H and O–H groups in total. The lowest BCUT2D eigenvalue weighted by Crippen LogP contribution is -2.50. The summed E-state index contributed by atoms with van der Waals surface area (Å²) in [5.74, 6) is 0.384. The van der Waals surface area contributed by atoms with E-state index in [0.717, 1.165) is 0 Å². The Morgan fingerprint density at radius 2 is 1.78 bits per heavy atom. The lowest BCUT2D eigenvalue weighted by molar-refractivity contribution is -0.130. The van der Waals surface area contributed by atoms with Crippen LogP contribution < -0.4 is 5.73 Å². The molecular weight excluding hydrogens is 232 g/mol. The van der Waals surface area contributed by atoms with Crippen LogP contribution in [-0.2, 0) is 4.79 Å². The number of amides is 2. The van der Waals surface area contributed by atoms with E-state index in [-0.39, 0.29) is 11.8 Å². The Morgan fingerprint density at radius 3 is 2.28 bits per heavy atom. The second-order valence-electron chi connectivity index (χ2n) is 4.27. The number of anilines is 1. The Morgan fingerprint density at radius 1 is 1.17 bits per heavy atom. The fourth-order valence-corrected chi connectivity index (χ4v) is 1.94. The number of aromatic nitrogens is 1. The van der Waals surface area contributed by atoms with Gasteiger partial charge in [0.1, 0.15) is 5.82 Å². The van der Waals surface area contributed by atoms with Crippen molar-refractivity contribution < 1.29 is 9.59 Å². The van der Waals surface area contributed by atoms with Gasteiger partial charge in [-0.05, 0) is 12.1 Å². The van der Waals surface area contributed by atoms with Crippen LogP contribution in [0.15, 0.2) is 18.3 Å². The maximum absolute atomic E-state index is 12.1. The average Bonchev–Trinajstić information content (AvgIpc) is 2.39. The summed E-state index contributed by atoms with van der Waals surface area (Å²) in [6.45, 7) is 3.83. The van der Waals surface area contributed by atoms with E-state index in [2.05, 4.69) is 4.98 Å². The van der Waals surface area contributed by atoms with Crippen molar-refractivity contribution in [3.8, 4) is 0 Å². The molecule has 0 saturated carbocycles. The summed E-state index contributed by atoms with van der Waals surface area (Å²) in [5.41, 5.74) is 6.00. The predicted molar refractivity (Wildman–Crippen MR) is 66.8 cm³/mol. The van der Waals surface area contributed by atoms with Crippen LogP contribution in [0.5, 0.6) is 0 Å². The molecule has 1 fully saturated rings.